The molecule has 0 aliphatic carbocycles. The van der Waals surface area contributed by atoms with Gasteiger partial charge in [-0.25, -0.2) is 4.39 Å². The van der Waals surface area contributed by atoms with Gasteiger partial charge in [-0.15, -0.1) is 0 Å². The average molecular weight is 438 g/mol. The van der Waals surface area contributed by atoms with Gasteiger partial charge in [0.05, 0.1) is 13.0 Å². The van der Waals surface area contributed by atoms with Crippen molar-refractivity contribution in [1.82, 2.24) is 4.90 Å². The molecular weight excluding hydrogens is 411 g/mol. The molecule has 2 aliphatic rings. The molecule has 2 fully saturated rings. The summed E-state index contributed by atoms with van der Waals surface area (Å²) >= 11 is 0. The Morgan fingerprint density at radius 2 is 1.72 bits per heavy atom. The van der Waals surface area contributed by atoms with Crippen molar-refractivity contribution < 1.29 is 23.5 Å². The standard InChI is InChI=1S/C25H27FN2O4/c1-16-3-6-20(14-22(16)26)28-15-19(13-23(28)29)25(31)27-11-9-18(10-12-27)24(30)17-4-7-21(32-2)8-5-17/h3-8,14,18-19H,9-13,15H2,1-2H3. The highest BCUT2D eigenvalue weighted by molar-refractivity contribution is 6.00. The molecule has 2 saturated heterocycles. The molecule has 0 radical (unpaired) electrons. The molecular formula is C25H27FN2O4. The van der Waals surface area contributed by atoms with Crippen molar-refractivity contribution in [2.75, 3.05) is 31.6 Å². The van der Waals surface area contributed by atoms with Crippen molar-refractivity contribution in [3.8, 4) is 5.75 Å². The largest absolute Gasteiger partial charge is 0.497 e. The van der Waals surface area contributed by atoms with E-state index in [1.165, 1.54) is 11.0 Å². The average Bonchev–Trinajstić information content (AvgIpc) is 3.21. The minimum Gasteiger partial charge on any atom is -0.497 e. The molecule has 4 rings (SSSR count). The molecule has 2 aliphatic heterocycles. The third kappa shape index (κ3) is 4.38. The molecule has 2 amide bonds. The number of carbonyl (C=O) groups excluding carboxylic acids is 3. The Bertz CT molecular complexity index is 1030. The number of aryl methyl sites for hydroxylation is 1. The van der Waals surface area contributed by atoms with E-state index in [1.807, 2.05) is 0 Å². The summed E-state index contributed by atoms with van der Waals surface area (Å²) in [5.41, 5.74) is 1.65. The molecule has 0 N–H and O–H groups in total. The van der Waals surface area contributed by atoms with Crippen LogP contribution in [0.3, 0.4) is 0 Å². The fourth-order valence-electron chi connectivity index (χ4n) is 4.48. The van der Waals surface area contributed by atoms with Crippen LogP contribution in [0.25, 0.3) is 0 Å². The molecule has 2 aromatic carbocycles. The van der Waals surface area contributed by atoms with E-state index in [0.717, 1.165) is 0 Å². The number of ether oxygens (including phenoxy) is 1. The molecule has 0 aromatic heterocycles. The summed E-state index contributed by atoms with van der Waals surface area (Å²) in [5, 5.41) is 0. The monoisotopic (exact) mass is 438 g/mol. The lowest BCUT2D eigenvalue weighted by Gasteiger charge is -2.33. The van der Waals surface area contributed by atoms with Crippen molar-refractivity contribution in [2.45, 2.75) is 26.2 Å². The number of hydrogen-bond donors (Lipinski definition) is 0. The van der Waals surface area contributed by atoms with Gasteiger partial charge < -0.3 is 14.5 Å². The van der Waals surface area contributed by atoms with E-state index in [-0.39, 0.29) is 42.3 Å². The van der Waals surface area contributed by atoms with Crippen molar-refractivity contribution in [3.05, 3.63) is 59.4 Å². The van der Waals surface area contributed by atoms with Gasteiger partial charge in [0, 0.05) is 43.2 Å². The number of Topliss-reactive ketones (excluding diaryl/α,β-unsaturated/α-hetero) is 1. The zero-order valence-corrected chi connectivity index (χ0v) is 18.3. The lowest BCUT2D eigenvalue weighted by Crippen LogP contribution is -2.43. The minimum atomic E-state index is -0.444. The Morgan fingerprint density at radius 1 is 1.03 bits per heavy atom. The number of amides is 2. The number of halogens is 1. The number of carbonyl (C=O) groups is 3. The van der Waals surface area contributed by atoms with Crippen molar-refractivity contribution in [2.24, 2.45) is 11.8 Å². The first-order valence-corrected chi connectivity index (χ1v) is 10.9. The fraction of sp³-hybridized carbons (Fsp3) is 0.400. The number of likely N-dealkylation sites (tertiary alicyclic amines) is 1. The number of rotatable bonds is 5. The van der Waals surface area contributed by atoms with Crippen molar-refractivity contribution >= 4 is 23.3 Å². The molecule has 2 aromatic rings. The second-order valence-electron chi connectivity index (χ2n) is 8.53. The molecule has 1 atom stereocenters. The van der Waals surface area contributed by atoms with Gasteiger partial charge in [-0.05, 0) is 61.7 Å². The van der Waals surface area contributed by atoms with Gasteiger partial charge in [-0.2, -0.15) is 0 Å². The summed E-state index contributed by atoms with van der Waals surface area (Å²) in [4.78, 5) is 41.6. The molecule has 1 unspecified atom stereocenters. The predicted octanol–water partition coefficient (Wildman–Crippen LogP) is 3.62. The van der Waals surface area contributed by atoms with Gasteiger partial charge in [0.15, 0.2) is 5.78 Å². The van der Waals surface area contributed by atoms with Gasteiger partial charge in [0.1, 0.15) is 11.6 Å². The van der Waals surface area contributed by atoms with E-state index in [1.54, 1.807) is 55.3 Å². The maximum Gasteiger partial charge on any atom is 0.228 e. The zero-order chi connectivity index (χ0) is 22.8. The van der Waals surface area contributed by atoms with E-state index < -0.39 is 5.92 Å². The molecule has 0 spiro atoms. The first-order chi connectivity index (χ1) is 15.4. The lowest BCUT2D eigenvalue weighted by atomic mass is 9.88. The number of anilines is 1. The van der Waals surface area contributed by atoms with E-state index in [0.29, 0.717) is 48.5 Å². The van der Waals surface area contributed by atoms with Crippen LogP contribution in [0.2, 0.25) is 0 Å². The minimum absolute atomic E-state index is 0.0659. The van der Waals surface area contributed by atoms with E-state index in [2.05, 4.69) is 0 Å². The Morgan fingerprint density at radius 3 is 2.34 bits per heavy atom. The molecule has 168 valence electrons. The van der Waals surface area contributed by atoms with Crippen LogP contribution in [0.15, 0.2) is 42.5 Å². The summed E-state index contributed by atoms with van der Waals surface area (Å²) in [5.74, 6) is -0.377. The fourth-order valence-corrected chi connectivity index (χ4v) is 4.48. The second kappa shape index (κ2) is 9.10. The Labute approximate surface area is 187 Å². The van der Waals surface area contributed by atoms with Crippen molar-refractivity contribution in [1.29, 1.82) is 0 Å². The molecule has 0 saturated carbocycles. The SMILES string of the molecule is COc1ccc(C(=O)C2CCN(C(=O)C3CC(=O)N(c4ccc(C)c(F)c4)C3)CC2)cc1. The summed E-state index contributed by atoms with van der Waals surface area (Å²) in [6, 6.07) is 11.8. The van der Waals surface area contributed by atoms with Gasteiger partial charge in [-0.3, -0.25) is 14.4 Å². The number of benzene rings is 2. The number of ketones is 1. The lowest BCUT2D eigenvalue weighted by molar-refractivity contribution is -0.137. The summed E-state index contributed by atoms with van der Waals surface area (Å²) in [6.07, 6.45) is 1.33. The van der Waals surface area contributed by atoms with Gasteiger partial charge in [0.2, 0.25) is 11.8 Å². The van der Waals surface area contributed by atoms with Crippen LogP contribution < -0.4 is 9.64 Å². The zero-order valence-electron chi connectivity index (χ0n) is 18.3. The normalized spacial score (nSPS) is 19.3. The summed E-state index contributed by atoms with van der Waals surface area (Å²) < 4.78 is 19.1. The van der Waals surface area contributed by atoms with Crippen LogP contribution in [0, 0.1) is 24.6 Å². The maximum absolute atomic E-state index is 13.9. The smallest absolute Gasteiger partial charge is 0.228 e. The number of piperidine rings is 1. The highest BCUT2D eigenvalue weighted by Gasteiger charge is 2.38. The Balaban J connectivity index is 1.34. The third-order valence-corrected chi connectivity index (χ3v) is 6.49. The molecule has 6 nitrogen and oxygen atoms in total. The Kier molecular flexibility index (Phi) is 6.26. The Hall–Kier alpha value is -3.22. The summed E-state index contributed by atoms with van der Waals surface area (Å²) in [7, 11) is 1.58. The van der Waals surface area contributed by atoms with Crippen LogP contribution >= 0.6 is 0 Å². The van der Waals surface area contributed by atoms with E-state index >= 15 is 0 Å². The first-order valence-electron chi connectivity index (χ1n) is 10.9. The van der Waals surface area contributed by atoms with Crippen LogP contribution in [-0.2, 0) is 9.59 Å². The van der Waals surface area contributed by atoms with Crippen LogP contribution in [0.1, 0.15) is 35.2 Å². The quantitative estimate of drug-likeness (QED) is 0.669. The van der Waals surface area contributed by atoms with E-state index in [9.17, 15) is 18.8 Å². The molecule has 32 heavy (non-hydrogen) atoms. The van der Waals surface area contributed by atoms with Crippen molar-refractivity contribution in [3.63, 3.8) is 0 Å². The highest BCUT2D eigenvalue weighted by atomic mass is 19.1. The van der Waals surface area contributed by atoms with Gasteiger partial charge >= 0.3 is 0 Å². The predicted molar refractivity (Wildman–Crippen MR) is 118 cm³/mol. The number of methoxy groups -OCH3 is 1. The number of hydrogen-bond acceptors (Lipinski definition) is 4. The van der Waals surface area contributed by atoms with Crippen LogP contribution in [0.5, 0.6) is 5.75 Å². The maximum atomic E-state index is 13.9. The topological polar surface area (TPSA) is 66.9 Å². The summed E-state index contributed by atoms with van der Waals surface area (Å²) in [6.45, 7) is 2.91. The van der Waals surface area contributed by atoms with Gasteiger partial charge in [-0.1, -0.05) is 6.07 Å². The second-order valence-corrected chi connectivity index (χ2v) is 8.53. The number of nitrogens with zero attached hydrogens (tertiary/aromatic N) is 2. The molecule has 0 bridgehead atoms. The third-order valence-electron chi connectivity index (χ3n) is 6.49. The highest BCUT2D eigenvalue weighted by Crippen LogP contribution is 2.30. The molecule has 2 heterocycles. The van der Waals surface area contributed by atoms with Crippen LogP contribution in [0.4, 0.5) is 10.1 Å². The van der Waals surface area contributed by atoms with Crippen LogP contribution in [-0.4, -0.2) is 49.2 Å². The van der Waals surface area contributed by atoms with E-state index in [4.69, 9.17) is 4.74 Å². The molecule has 7 heteroatoms. The first kappa shape index (κ1) is 22.0. The van der Waals surface area contributed by atoms with Gasteiger partial charge in [0.25, 0.3) is 0 Å².